The van der Waals surface area contributed by atoms with Crippen LogP contribution in [0.25, 0.3) is 0 Å². The number of esters is 1. The third-order valence-electron chi connectivity index (χ3n) is 8.36. The number of nitrogens with two attached hydrogens (primary N) is 1. The first-order valence-electron chi connectivity index (χ1n) is 11.4. The van der Waals surface area contributed by atoms with Crippen LogP contribution in [0.3, 0.4) is 0 Å². The van der Waals surface area contributed by atoms with Crippen molar-refractivity contribution in [1.82, 2.24) is 0 Å². The molecule has 3 N–H and O–H groups in total. The molecule has 0 spiro atoms. The number of hydrogen-bond donors (Lipinski definition) is 2. The number of benzene rings is 2. The molecule has 0 heterocycles. The molecule has 2 fully saturated rings. The standard InChI is InChI=1S/C25H28ClNO5S/c1-25-11-10-18-17-6-3-15(28)12-14(17)2-5-19(18)21(25)7-9-23(25)32-24(29)20-13-16(33(27,30)31)4-8-22(20)26/h3-4,6,8,12-13,18-19,21,23,28H,2,5,7,9-11H2,1H3,(H2,27,30,31)/t18-,19-,21+,23+,25+/m1/s1. The van der Waals surface area contributed by atoms with Crippen LogP contribution in [-0.4, -0.2) is 25.6 Å². The van der Waals surface area contributed by atoms with Gasteiger partial charge in [-0.2, -0.15) is 0 Å². The third kappa shape index (κ3) is 3.84. The number of phenols is 1. The van der Waals surface area contributed by atoms with Gasteiger partial charge >= 0.3 is 5.97 Å². The molecule has 0 aromatic heterocycles. The summed E-state index contributed by atoms with van der Waals surface area (Å²) in [7, 11) is -3.96. The molecule has 8 heteroatoms. The summed E-state index contributed by atoms with van der Waals surface area (Å²) in [4.78, 5) is 12.9. The largest absolute Gasteiger partial charge is 0.508 e. The molecule has 2 saturated carbocycles. The fourth-order valence-electron chi connectivity index (χ4n) is 6.74. The van der Waals surface area contributed by atoms with Crippen LogP contribution in [0.5, 0.6) is 5.75 Å². The van der Waals surface area contributed by atoms with E-state index < -0.39 is 16.0 Å². The summed E-state index contributed by atoms with van der Waals surface area (Å²) in [5.74, 6) is 1.17. The van der Waals surface area contributed by atoms with Crippen molar-refractivity contribution in [1.29, 1.82) is 0 Å². The number of ether oxygens (including phenoxy) is 1. The fraction of sp³-hybridized carbons (Fsp3) is 0.480. The monoisotopic (exact) mass is 489 g/mol. The average molecular weight is 490 g/mol. The van der Waals surface area contributed by atoms with Gasteiger partial charge in [-0.25, -0.2) is 18.4 Å². The highest BCUT2D eigenvalue weighted by Crippen LogP contribution is 2.61. The lowest BCUT2D eigenvalue weighted by molar-refractivity contribution is -0.0427. The van der Waals surface area contributed by atoms with E-state index >= 15 is 0 Å². The minimum absolute atomic E-state index is 0.0235. The van der Waals surface area contributed by atoms with Gasteiger partial charge < -0.3 is 9.84 Å². The van der Waals surface area contributed by atoms with Gasteiger partial charge in [-0.1, -0.05) is 24.6 Å². The Balaban J connectivity index is 1.37. The quantitative estimate of drug-likeness (QED) is 0.603. The van der Waals surface area contributed by atoms with E-state index in [9.17, 15) is 18.3 Å². The van der Waals surface area contributed by atoms with Gasteiger partial charge in [0, 0.05) is 5.41 Å². The topological polar surface area (TPSA) is 107 Å². The van der Waals surface area contributed by atoms with E-state index in [1.807, 2.05) is 6.07 Å². The second kappa shape index (κ2) is 8.00. The molecule has 6 nitrogen and oxygen atoms in total. The summed E-state index contributed by atoms with van der Waals surface area (Å²) < 4.78 is 29.4. The molecule has 33 heavy (non-hydrogen) atoms. The summed E-state index contributed by atoms with van der Waals surface area (Å²) in [5.41, 5.74) is 2.51. The van der Waals surface area contributed by atoms with Crippen molar-refractivity contribution < 1.29 is 23.1 Å². The highest BCUT2D eigenvalue weighted by atomic mass is 35.5. The summed E-state index contributed by atoms with van der Waals surface area (Å²) in [6.07, 6.45) is 5.53. The van der Waals surface area contributed by atoms with Gasteiger partial charge in [0.05, 0.1) is 15.5 Å². The number of primary sulfonamides is 1. The number of phenolic OH excluding ortho intramolecular Hbond substituents is 1. The molecule has 176 valence electrons. The maximum absolute atomic E-state index is 13.0. The lowest BCUT2D eigenvalue weighted by atomic mass is 9.55. The lowest BCUT2D eigenvalue weighted by Gasteiger charge is -2.50. The second-order valence-corrected chi connectivity index (χ2v) is 12.0. The first-order valence-corrected chi connectivity index (χ1v) is 13.4. The average Bonchev–Trinajstić information content (AvgIpc) is 3.09. The number of fused-ring (bicyclic) bond motifs is 5. The summed E-state index contributed by atoms with van der Waals surface area (Å²) in [6, 6.07) is 9.60. The Labute approximate surface area is 199 Å². The maximum atomic E-state index is 13.0. The van der Waals surface area contributed by atoms with Crippen LogP contribution in [0, 0.1) is 17.3 Å². The number of sulfonamides is 1. The molecule has 0 bridgehead atoms. The predicted molar refractivity (Wildman–Crippen MR) is 125 cm³/mol. The second-order valence-electron chi connectivity index (χ2n) is 10.0. The van der Waals surface area contributed by atoms with Crippen LogP contribution in [0.4, 0.5) is 0 Å². The number of rotatable bonds is 3. The Hall–Kier alpha value is -2.09. The first kappa shape index (κ1) is 22.7. The van der Waals surface area contributed by atoms with Crippen molar-refractivity contribution in [2.45, 2.75) is 62.4 Å². The molecule has 2 aromatic carbocycles. The third-order valence-corrected chi connectivity index (χ3v) is 9.60. The van der Waals surface area contributed by atoms with E-state index in [1.165, 1.54) is 29.3 Å². The normalized spacial score (nSPS) is 30.8. The molecular weight excluding hydrogens is 462 g/mol. The summed E-state index contributed by atoms with van der Waals surface area (Å²) >= 11 is 6.19. The van der Waals surface area contributed by atoms with Gasteiger partial charge in [0.25, 0.3) is 0 Å². The molecule has 5 rings (SSSR count). The first-order chi connectivity index (χ1) is 15.6. The number of carbonyl (C=O) groups excluding carboxylic acids is 1. The Morgan fingerprint density at radius 1 is 1.15 bits per heavy atom. The van der Waals surface area contributed by atoms with Crippen molar-refractivity contribution in [3.8, 4) is 5.75 Å². The highest BCUT2D eigenvalue weighted by Gasteiger charge is 2.56. The van der Waals surface area contributed by atoms with E-state index in [-0.39, 0.29) is 27.0 Å². The number of aromatic hydroxyl groups is 1. The van der Waals surface area contributed by atoms with Crippen LogP contribution in [-0.2, 0) is 21.2 Å². The molecule has 3 aliphatic rings. The Morgan fingerprint density at radius 2 is 1.94 bits per heavy atom. The van der Waals surface area contributed by atoms with Crippen LogP contribution < -0.4 is 5.14 Å². The lowest BCUT2D eigenvalue weighted by Crippen LogP contribution is -2.45. The smallest absolute Gasteiger partial charge is 0.339 e. The van der Waals surface area contributed by atoms with Gasteiger partial charge in [-0.3, -0.25) is 0 Å². The van der Waals surface area contributed by atoms with Crippen molar-refractivity contribution in [2.75, 3.05) is 0 Å². The van der Waals surface area contributed by atoms with E-state index in [0.29, 0.717) is 23.5 Å². The van der Waals surface area contributed by atoms with Crippen LogP contribution in [0.2, 0.25) is 5.02 Å². The summed E-state index contributed by atoms with van der Waals surface area (Å²) in [6.45, 7) is 2.23. The van der Waals surface area contributed by atoms with E-state index in [1.54, 1.807) is 6.07 Å². The van der Waals surface area contributed by atoms with Crippen LogP contribution >= 0.6 is 11.6 Å². The number of carbonyl (C=O) groups is 1. The molecule has 5 atom stereocenters. The van der Waals surface area contributed by atoms with Gasteiger partial charge in [0.15, 0.2) is 0 Å². The van der Waals surface area contributed by atoms with Crippen molar-refractivity contribution >= 4 is 27.6 Å². The van der Waals surface area contributed by atoms with Crippen molar-refractivity contribution in [2.24, 2.45) is 22.4 Å². The maximum Gasteiger partial charge on any atom is 0.339 e. The molecule has 2 aromatic rings. The molecule has 0 radical (unpaired) electrons. The Kier molecular flexibility index (Phi) is 5.50. The van der Waals surface area contributed by atoms with Crippen molar-refractivity contribution in [3.05, 3.63) is 58.1 Å². The van der Waals surface area contributed by atoms with Gasteiger partial charge in [0.2, 0.25) is 10.0 Å². The van der Waals surface area contributed by atoms with E-state index in [0.717, 1.165) is 38.5 Å². The molecular formula is C25H28ClNO5S. The van der Waals surface area contributed by atoms with E-state index in [2.05, 4.69) is 13.0 Å². The van der Waals surface area contributed by atoms with Crippen molar-refractivity contribution in [3.63, 3.8) is 0 Å². The summed E-state index contributed by atoms with van der Waals surface area (Å²) in [5, 5.41) is 15.2. The molecule has 0 aliphatic heterocycles. The zero-order valence-corrected chi connectivity index (χ0v) is 20.0. The van der Waals surface area contributed by atoms with Crippen LogP contribution in [0.15, 0.2) is 41.3 Å². The van der Waals surface area contributed by atoms with Gasteiger partial charge in [-0.05, 0) is 97.7 Å². The number of hydrogen-bond acceptors (Lipinski definition) is 5. The predicted octanol–water partition coefficient (Wildman–Crippen LogP) is 4.77. The van der Waals surface area contributed by atoms with Gasteiger partial charge in [0.1, 0.15) is 11.9 Å². The SMILES string of the molecule is C[C@]12CC[C@@H]3c4ccc(O)cc4CC[C@H]3[C@@H]1CC[C@@H]2OC(=O)c1cc(S(N)(=O)=O)ccc1Cl. The molecule has 0 saturated heterocycles. The zero-order chi connectivity index (χ0) is 23.5. The molecule has 3 aliphatic carbocycles. The minimum Gasteiger partial charge on any atom is -0.508 e. The van der Waals surface area contributed by atoms with Gasteiger partial charge in [-0.15, -0.1) is 0 Å². The number of halogens is 1. The Morgan fingerprint density at radius 3 is 2.70 bits per heavy atom. The zero-order valence-electron chi connectivity index (χ0n) is 18.5. The minimum atomic E-state index is -3.96. The fourth-order valence-corrected chi connectivity index (χ4v) is 7.48. The highest BCUT2D eigenvalue weighted by molar-refractivity contribution is 7.89. The van der Waals surface area contributed by atoms with E-state index in [4.69, 9.17) is 21.5 Å². The molecule has 0 amide bonds. The van der Waals surface area contributed by atoms with Crippen LogP contribution in [0.1, 0.15) is 66.4 Å². The molecule has 0 unspecified atom stereocenters. The number of aryl methyl sites for hydroxylation is 1. The Bertz CT molecular complexity index is 1230.